The van der Waals surface area contributed by atoms with Crippen LogP contribution in [0.4, 0.5) is 0 Å². The van der Waals surface area contributed by atoms with Crippen LogP contribution in [0, 0.1) is 5.92 Å². The number of aromatic nitrogens is 1. The van der Waals surface area contributed by atoms with Gasteiger partial charge < -0.3 is 24.1 Å². The van der Waals surface area contributed by atoms with Crippen molar-refractivity contribution in [2.24, 2.45) is 5.92 Å². The number of methoxy groups -OCH3 is 2. The second-order valence-electron chi connectivity index (χ2n) is 8.95. The minimum Gasteiger partial charge on any atom is -0.494 e. The first-order valence-electron chi connectivity index (χ1n) is 11.9. The lowest BCUT2D eigenvalue weighted by Crippen LogP contribution is -2.46. The number of hydrogen-bond acceptors (Lipinski definition) is 5. The van der Waals surface area contributed by atoms with Crippen LogP contribution in [0.15, 0.2) is 41.2 Å². The number of amides is 1. The zero-order valence-electron chi connectivity index (χ0n) is 19.8. The molecule has 2 aliphatic rings. The van der Waals surface area contributed by atoms with E-state index in [-0.39, 0.29) is 17.4 Å². The van der Waals surface area contributed by atoms with Gasteiger partial charge >= 0.3 is 0 Å². The van der Waals surface area contributed by atoms with Crippen molar-refractivity contribution in [2.75, 3.05) is 27.4 Å². The van der Waals surface area contributed by atoms with Crippen LogP contribution in [0.25, 0.3) is 10.9 Å². The van der Waals surface area contributed by atoms with Crippen molar-refractivity contribution in [1.29, 1.82) is 0 Å². The summed E-state index contributed by atoms with van der Waals surface area (Å²) in [4.78, 5) is 31.8. The van der Waals surface area contributed by atoms with Crippen molar-refractivity contribution in [2.45, 2.75) is 38.6 Å². The minimum atomic E-state index is -0.499. The molecule has 0 spiro atoms. The number of aromatic amines is 1. The Hall–Kier alpha value is -3.48. The highest BCUT2D eigenvalue weighted by molar-refractivity contribution is 5.83. The third-order valence-corrected chi connectivity index (χ3v) is 7.06. The number of carbonyl (C=O) groups excluding carboxylic acids is 1. The van der Waals surface area contributed by atoms with Gasteiger partial charge in [-0.1, -0.05) is 6.42 Å². The van der Waals surface area contributed by atoms with Gasteiger partial charge in [0, 0.05) is 28.9 Å². The van der Waals surface area contributed by atoms with E-state index in [1.54, 1.807) is 14.2 Å². The predicted molar refractivity (Wildman–Crippen MR) is 130 cm³/mol. The average Bonchev–Trinajstić information content (AvgIpc) is 2.81. The van der Waals surface area contributed by atoms with Crippen molar-refractivity contribution in [3.8, 4) is 17.2 Å². The Bertz CT molecular complexity index is 1290. The predicted octanol–water partition coefficient (Wildman–Crippen LogP) is 4.22. The summed E-state index contributed by atoms with van der Waals surface area (Å²) < 4.78 is 16.8. The van der Waals surface area contributed by atoms with Gasteiger partial charge in [0.25, 0.3) is 5.56 Å². The minimum absolute atomic E-state index is 0.0355. The summed E-state index contributed by atoms with van der Waals surface area (Å²) in [5.41, 5.74) is 3.04. The molecule has 5 rings (SSSR count). The number of nitrogens with one attached hydrogen (secondary N) is 1. The highest BCUT2D eigenvalue weighted by atomic mass is 16.5. The normalized spacial score (nSPS) is 17.7. The molecule has 1 amide bonds. The standard InChI is InChI=1S/C27H30N2O5/c1-4-34-19-8-9-22-18(12-19)13-21(26(30)28-22)25-20-15-24(33-3)23(32-2)14-17(20)10-11-29(25)27(31)16-6-5-7-16/h8-9,12-16,25H,4-7,10-11H2,1-3H3,(H,28,30). The average molecular weight is 463 g/mol. The smallest absolute Gasteiger partial charge is 0.254 e. The zero-order chi connectivity index (χ0) is 23.8. The number of pyridine rings is 1. The summed E-state index contributed by atoms with van der Waals surface area (Å²) in [6, 6.07) is 10.9. The molecular formula is C27H30N2O5. The van der Waals surface area contributed by atoms with Gasteiger partial charge in [-0.25, -0.2) is 0 Å². The van der Waals surface area contributed by atoms with E-state index in [0.29, 0.717) is 36.6 Å². The maximum Gasteiger partial charge on any atom is 0.254 e. The SMILES string of the molecule is CCOc1ccc2[nH]c(=O)c(C3c4cc(OC)c(OC)cc4CCN3C(=O)C3CCC3)cc2c1. The van der Waals surface area contributed by atoms with Crippen LogP contribution in [0.3, 0.4) is 0 Å². The number of nitrogens with zero attached hydrogens (tertiary/aromatic N) is 1. The second kappa shape index (κ2) is 9.05. The molecule has 2 aromatic carbocycles. The third kappa shape index (κ3) is 3.79. The molecule has 1 unspecified atom stereocenters. The maximum absolute atomic E-state index is 13.5. The lowest BCUT2D eigenvalue weighted by Gasteiger charge is -2.41. The molecule has 1 atom stereocenters. The number of ether oxygens (including phenoxy) is 3. The van der Waals surface area contributed by atoms with Crippen LogP contribution < -0.4 is 19.8 Å². The van der Waals surface area contributed by atoms with E-state index in [9.17, 15) is 9.59 Å². The number of rotatable bonds is 6. The summed E-state index contributed by atoms with van der Waals surface area (Å²) in [5.74, 6) is 2.13. The molecular weight excluding hydrogens is 432 g/mol. The molecule has 34 heavy (non-hydrogen) atoms. The number of hydrogen-bond donors (Lipinski definition) is 1. The maximum atomic E-state index is 13.5. The lowest BCUT2D eigenvalue weighted by molar-refractivity contribution is -0.140. The molecule has 178 valence electrons. The zero-order valence-corrected chi connectivity index (χ0v) is 19.8. The molecule has 0 saturated heterocycles. The van der Waals surface area contributed by atoms with Gasteiger partial charge in [-0.05, 0) is 73.7 Å². The molecule has 1 saturated carbocycles. The molecule has 7 nitrogen and oxygen atoms in total. The Morgan fingerprint density at radius 1 is 1.06 bits per heavy atom. The third-order valence-electron chi connectivity index (χ3n) is 7.06. The van der Waals surface area contributed by atoms with Crippen molar-refractivity contribution in [3.05, 3.63) is 63.4 Å². The summed E-state index contributed by atoms with van der Waals surface area (Å²) in [5, 5.41) is 0.865. The van der Waals surface area contributed by atoms with Crippen LogP contribution in [0.5, 0.6) is 17.2 Å². The van der Waals surface area contributed by atoms with Crippen molar-refractivity contribution < 1.29 is 19.0 Å². The van der Waals surface area contributed by atoms with E-state index in [1.807, 2.05) is 48.2 Å². The van der Waals surface area contributed by atoms with Gasteiger partial charge in [0.1, 0.15) is 5.75 Å². The largest absolute Gasteiger partial charge is 0.494 e. The Morgan fingerprint density at radius 2 is 1.82 bits per heavy atom. The number of fused-ring (bicyclic) bond motifs is 2. The van der Waals surface area contributed by atoms with Gasteiger partial charge in [0.05, 0.1) is 26.9 Å². The van der Waals surface area contributed by atoms with E-state index in [1.165, 1.54) is 0 Å². The summed E-state index contributed by atoms with van der Waals surface area (Å²) in [6.45, 7) is 3.05. The lowest BCUT2D eigenvalue weighted by atomic mass is 9.81. The molecule has 7 heteroatoms. The van der Waals surface area contributed by atoms with Gasteiger partial charge in [-0.2, -0.15) is 0 Å². The molecule has 1 aliphatic heterocycles. The van der Waals surface area contributed by atoms with Crippen LogP contribution in [0.2, 0.25) is 0 Å². The Balaban J connectivity index is 1.69. The van der Waals surface area contributed by atoms with Crippen LogP contribution in [0.1, 0.15) is 48.9 Å². The van der Waals surface area contributed by atoms with E-state index in [2.05, 4.69) is 4.98 Å². The second-order valence-corrected chi connectivity index (χ2v) is 8.95. The summed E-state index contributed by atoms with van der Waals surface area (Å²) in [6.07, 6.45) is 3.59. The molecule has 3 aromatic rings. The summed E-state index contributed by atoms with van der Waals surface area (Å²) in [7, 11) is 3.21. The fourth-order valence-electron chi connectivity index (χ4n) is 5.07. The van der Waals surface area contributed by atoms with Gasteiger partial charge in [-0.15, -0.1) is 0 Å². The van der Waals surface area contributed by atoms with Crippen molar-refractivity contribution >= 4 is 16.8 Å². The molecule has 1 aliphatic carbocycles. The van der Waals surface area contributed by atoms with Crippen LogP contribution in [-0.4, -0.2) is 43.2 Å². The van der Waals surface area contributed by atoms with Crippen molar-refractivity contribution in [1.82, 2.24) is 9.88 Å². The van der Waals surface area contributed by atoms with Gasteiger partial charge in [-0.3, -0.25) is 9.59 Å². The molecule has 0 bridgehead atoms. The Kier molecular flexibility index (Phi) is 5.94. The quantitative estimate of drug-likeness (QED) is 0.593. The molecule has 1 aromatic heterocycles. The Morgan fingerprint density at radius 3 is 2.50 bits per heavy atom. The fourth-order valence-corrected chi connectivity index (χ4v) is 5.07. The first-order valence-corrected chi connectivity index (χ1v) is 11.9. The van der Waals surface area contributed by atoms with E-state index in [4.69, 9.17) is 14.2 Å². The molecule has 2 heterocycles. The summed E-state index contributed by atoms with van der Waals surface area (Å²) >= 11 is 0. The first kappa shape index (κ1) is 22.3. The van der Waals surface area contributed by atoms with E-state index < -0.39 is 6.04 Å². The molecule has 1 fully saturated rings. The van der Waals surface area contributed by atoms with E-state index in [0.717, 1.165) is 47.0 Å². The fraction of sp³-hybridized carbons (Fsp3) is 0.407. The van der Waals surface area contributed by atoms with Crippen LogP contribution in [-0.2, 0) is 11.2 Å². The monoisotopic (exact) mass is 462 g/mol. The van der Waals surface area contributed by atoms with Crippen LogP contribution >= 0.6 is 0 Å². The van der Waals surface area contributed by atoms with Crippen molar-refractivity contribution in [3.63, 3.8) is 0 Å². The number of H-pyrrole nitrogens is 1. The molecule has 0 radical (unpaired) electrons. The highest BCUT2D eigenvalue weighted by Gasteiger charge is 2.39. The number of carbonyl (C=O) groups is 1. The van der Waals surface area contributed by atoms with Gasteiger partial charge in [0.2, 0.25) is 5.91 Å². The highest BCUT2D eigenvalue weighted by Crippen LogP contribution is 2.42. The van der Waals surface area contributed by atoms with E-state index >= 15 is 0 Å². The number of benzene rings is 2. The first-order chi connectivity index (χ1) is 16.5. The Labute approximate surface area is 198 Å². The van der Waals surface area contributed by atoms with Gasteiger partial charge in [0.15, 0.2) is 11.5 Å². The topological polar surface area (TPSA) is 80.9 Å². The molecule has 1 N–H and O–H groups in total.